The van der Waals surface area contributed by atoms with Crippen molar-refractivity contribution >= 4 is 17.4 Å². The highest BCUT2D eigenvalue weighted by Crippen LogP contribution is 2.17. The molecule has 0 saturated carbocycles. The lowest BCUT2D eigenvalue weighted by molar-refractivity contribution is 0.116. The Bertz CT molecular complexity index is 309. The quantitative estimate of drug-likeness (QED) is 0.791. The largest absolute Gasteiger partial charge is 0.376 e. The van der Waals surface area contributed by atoms with E-state index in [0.29, 0.717) is 11.1 Å². The summed E-state index contributed by atoms with van der Waals surface area (Å²) >= 11 is 5.78. The van der Waals surface area contributed by atoms with Crippen molar-refractivity contribution in [1.29, 1.82) is 0 Å². The van der Waals surface area contributed by atoms with Gasteiger partial charge in [0.25, 0.3) is 0 Å². The number of halogens is 1. The molecule has 1 saturated heterocycles. The predicted octanol–water partition coefficient (Wildman–Crippen LogP) is 2.35. The molecule has 1 aromatic rings. The van der Waals surface area contributed by atoms with E-state index in [1.807, 2.05) is 19.2 Å². The molecule has 0 radical (unpaired) electrons. The Balaban J connectivity index is 1.94. The number of pyridine rings is 1. The van der Waals surface area contributed by atoms with Gasteiger partial charge in [-0.2, -0.15) is 0 Å². The molecule has 3 nitrogen and oxygen atoms in total. The van der Waals surface area contributed by atoms with Crippen LogP contribution in [-0.4, -0.2) is 31.3 Å². The fourth-order valence-corrected chi connectivity index (χ4v) is 1.89. The fraction of sp³-hybridized carbons (Fsp3) is 0.545. The first-order chi connectivity index (χ1) is 7.25. The zero-order valence-electron chi connectivity index (χ0n) is 8.82. The smallest absolute Gasteiger partial charge is 0.128 e. The third kappa shape index (κ3) is 2.83. The molecule has 1 aliphatic rings. The van der Waals surface area contributed by atoms with Crippen molar-refractivity contribution in [3.63, 3.8) is 0 Å². The zero-order chi connectivity index (χ0) is 10.7. The normalized spacial score (nSPS) is 20.5. The van der Waals surface area contributed by atoms with Crippen LogP contribution in [-0.2, 0) is 4.74 Å². The molecule has 1 aromatic heterocycles. The summed E-state index contributed by atoms with van der Waals surface area (Å²) < 4.78 is 5.57. The number of ether oxygens (including phenoxy) is 1. The summed E-state index contributed by atoms with van der Waals surface area (Å²) in [5, 5.41) is 0.671. The molecule has 0 bridgehead atoms. The molecule has 1 unspecified atom stereocenters. The maximum atomic E-state index is 5.78. The maximum Gasteiger partial charge on any atom is 0.128 e. The van der Waals surface area contributed by atoms with Crippen molar-refractivity contribution in [3.05, 3.63) is 23.4 Å². The van der Waals surface area contributed by atoms with E-state index in [9.17, 15) is 0 Å². The topological polar surface area (TPSA) is 25.4 Å². The number of aromatic nitrogens is 1. The van der Waals surface area contributed by atoms with E-state index >= 15 is 0 Å². The molecule has 1 fully saturated rings. The summed E-state index contributed by atoms with van der Waals surface area (Å²) in [6.07, 6.45) is 4.35. The molecule has 0 amide bonds. The summed E-state index contributed by atoms with van der Waals surface area (Å²) in [7, 11) is 2.03. The third-order valence-corrected chi connectivity index (χ3v) is 2.83. The first-order valence-corrected chi connectivity index (χ1v) is 5.58. The van der Waals surface area contributed by atoms with Crippen molar-refractivity contribution in [2.75, 3.05) is 25.1 Å². The molecule has 82 valence electrons. The number of likely N-dealkylation sites (N-methyl/N-ethyl adjacent to an activating group) is 1. The van der Waals surface area contributed by atoms with Gasteiger partial charge in [-0.15, -0.1) is 0 Å². The average Bonchev–Trinajstić information content (AvgIpc) is 2.71. The monoisotopic (exact) mass is 226 g/mol. The molecule has 1 aliphatic heterocycles. The van der Waals surface area contributed by atoms with Crippen LogP contribution in [0.5, 0.6) is 0 Å². The number of rotatable bonds is 3. The minimum absolute atomic E-state index is 0.354. The highest BCUT2D eigenvalue weighted by atomic mass is 35.5. The summed E-state index contributed by atoms with van der Waals surface area (Å²) in [5.41, 5.74) is 0. The van der Waals surface area contributed by atoms with Gasteiger partial charge in [-0.25, -0.2) is 4.98 Å². The molecule has 0 N–H and O–H groups in total. The Morgan fingerprint density at radius 3 is 3.07 bits per heavy atom. The number of hydrogen-bond donors (Lipinski definition) is 0. The molecule has 1 atom stereocenters. The van der Waals surface area contributed by atoms with Crippen molar-refractivity contribution in [3.8, 4) is 0 Å². The van der Waals surface area contributed by atoms with E-state index in [4.69, 9.17) is 16.3 Å². The highest BCUT2D eigenvalue weighted by Gasteiger charge is 2.17. The van der Waals surface area contributed by atoms with Gasteiger partial charge >= 0.3 is 0 Å². The summed E-state index contributed by atoms with van der Waals surface area (Å²) in [6, 6.07) is 3.78. The molecule has 2 rings (SSSR count). The van der Waals surface area contributed by atoms with Crippen LogP contribution in [0.15, 0.2) is 18.3 Å². The van der Waals surface area contributed by atoms with E-state index in [0.717, 1.165) is 25.4 Å². The van der Waals surface area contributed by atoms with E-state index in [2.05, 4.69) is 9.88 Å². The van der Waals surface area contributed by atoms with Gasteiger partial charge in [0, 0.05) is 26.4 Å². The standard InChI is InChI=1S/C11H15ClN2O/c1-14(8-10-3-2-6-15-10)11-5-4-9(12)7-13-11/h4-5,7,10H,2-3,6,8H2,1H3. The van der Waals surface area contributed by atoms with Crippen LogP contribution in [0.4, 0.5) is 5.82 Å². The van der Waals surface area contributed by atoms with Gasteiger partial charge in [-0.1, -0.05) is 11.6 Å². The minimum atomic E-state index is 0.354. The Kier molecular flexibility index (Phi) is 3.44. The molecule has 0 aromatic carbocycles. The van der Waals surface area contributed by atoms with Crippen LogP contribution in [0.3, 0.4) is 0 Å². The average molecular weight is 227 g/mol. The van der Waals surface area contributed by atoms with Crippen LogP contribution >= 0.6 is 11.6 Å². The SMILES string of the molecule is CN(CC1CCCO1)c1ccc(Cl)cn1. The third-order valence-electron chi connectivity index (χ3n) is 2.60. The van der Waals surface area contributed by atoms with Crippen LogP contribution in [0.25, 0.3) is 0 Å². The van der Waals surface area contributed by atoms with Crippen LogP contribution in [0.2, 0.25) is 5.02 Å². The molecular formula is C11H15ClN2O. The van der Waals surface area contributed by atoms with E-state index in [-0.39, 0.29) is 0 Å². The Labute approximate surface area is 95.0 Å². The van der Waals surface area contributed by atoms with Gasteiger partial charge in [0.05, 0.1) is 11.1 Å². The maximum absolute atomic E-state index is 5.78. The number of nitrogens with zero attached hydrogens (tertiary/aromatic N) is 2. The van der Waals surface area contributed by atoms with Gasteiger partial charge < -0.3 is 9.64 Å². The summed E-state index contributed by atoms with van der Waals surface area (Å²) in [4.78, 5) is 6.36. The lowest BCUT2D eigenvalue weighted by Gasteiger charge is -2.21. The molecule has 15 heavy (non-hydrogen) atoms. The van der Waals surface area contributed by atoms with E-state index in [1.165, 1.54) is 6.42 Å². The van der Waals surface area contributed by atoms with Crippen LogP contribution in [0.1, 0.15) is 12.8 Å². The van der Waals surface area contributed by atoms with E-state index < -0.39 is 0 Å². The Morgan fingerprint density at radius 2 is 2.47 bits per heavy atom. The fourth-order valence-electron chi connectivity index (χ4n) is 1.78. The van der Waals surface area contributed by atoms with Crippen LogP contribution in [0, 0.1) is 0 Å². The molecule has 4 heteroatoms. The molecule has 2 heterocycles. The predicted molar refractivity (Wildman–Crippen MR) is 61.5 cm³/mol. The zero-order valence-corrected chi connectivity index (χ0v) is 9.57. The van der Waals surface area contributed by atoms with Crippen molar-refractivity contribution in [2.24, 2.45) is 0 Å². The van der Waals surface area contributed by atoms with Gasteiger partial charge in [0.15, 0.2) is 0 Å². The second-order valence-electron chi connectivity index (χ2n) is 3.85. The lowest BCUT2D eigenvalue weighted by Crippen LogP contribution is -2.29. The molecular weight excluding hydrogens is 212 g/mol. The highest BCUT2D eigenvalue weighted by molar-refractivity contribution is 6.30. The second kappa shape index (κ2) is 4.81. The first-order valence-electron chi connectivity index (χ1n) is 5.20. The minimum Gasteiger partial charge on any atom is -0.376 e. The first kappa shape index (κ1) is 10.7. The van der Waals surface area contributed by atoms with Gasteiger partial charge in [0.1, 0.15) is 5.82 Å². The van der Waals surface area contributed by atoms with Crippen molar-refractivity contribution < 1.29 is 4.74 Å². The lowest BCUT2D eigenvalue weighted by atomic mass is 10.2. The van der Waals surface area contributed by atoms with Gasteiger partial charge in [-0.3, -0.25) is 0 Å². The van der Waals surface area contributed by atoms with E-state index in [1.54, 1.807) is 6.20 Å². The number of anilines is 1. The number of hydrogen-bond acceptors (Lipinski definition) is 3. The summed E-state index contributed by atoms with van der Waals surface area (Å²) in [5.74, 6) is 0.940. The molecule has 0 aliphatic carbocycles. The second-order valence-corrected chi connectivity index (χ2v) is 4.29. The Hall–Kier alpha value is -0.800. The molecule has 0 spiro atoms. The van der Waals surface area contributed by atoms with Gasteiger partial charge in [0.2, 0.25) is 0 Å². The van der Waals surface area contributed by atoms with Gasteiger partial charge in [-0.05, 0) is 25.0 Å². The Morgan fingerprint density at radius 1 is 1.60 bits per heavy atom. The summed E-state index contributed by atoms with van der Waals surface area (Å²) in [6.45, 7) is 1.79. The van der Waals surface area contributed by atoms with Crippen molar-refractivity contribution in [1.82, 2.24) is 4.98 Å². The van der Waals surface area contributed by atoms with Crippen molar-refractivity contribution in [2.45, 2.75) is 18.9 Å². The van der Waals surface area contributed by atoms with Crippen LogP contribution < -0.4 is 4.90 Å².